The summed E-state index contributed by atoms with van der Waals surface area (Å²) in [4.78, 5) is 0. The van der Waals surface area contributed by atoms with E-state index in [1.807, 2.05) is 0 Å². The summed E-state index contributed by atoms with van der Waals surface area (Å²) in [7, 11) is 0. The Morgan fingerprint density at radius 2 is 1.57 bits per heavy atom. The van der Waals surface area contributed by atoms with Crippen LogP contribution in [0.2, 0.25) is 0 Å². The summed E-state index contributed by atoms with van der Waals surface area (Å²) in [5.41, 5.74) is 8.96. The molecule has 0 nitrogen and oxygen atoms in total. The van der Waals surface area contributed by atoms with Crippen LogP contribution in [0.25, 0.3) is 11.1 Å². The van der Waals surface area contributed by atoms with E-state index in [1.54, 1.807) is 0 Å². The van der Waals surface area contributed by atoms with Gasteiger partial charge in [0.15, 0.2) is 0 Å². The van der Waals surface area contributed by atoms with E-state index >= 15 is 0 Å². The Hall–Kier alpha value is -2.34. The lowest BCUT2D eigenvalue weighted by molar-refractivity contribution is 0.723. The van der Waals surface area contributed by atoms with Crippen LogP contribution >= 0.6 is 0 Å². The SMILES string of the molecule is C=C1/C(C)=C(c2ccccc2C)\C=C/C(C)Cc2ccccc21. The van der Waals surface area contributed by atoms with E-state index in [1.165, 1.54) is 33.4 Å². The fourth-order valence-corrected chi connectivity index (χ4v) is 3.32. The van der Waals surface area contributed by atoms with Crippen molar-refractivity contribution in [1.82, 2.24) is 0 Å². The van der Waals surface area contributed by atoms with Gasteiger partial charge >= 0.3 is 0 Å². The molecule has 116 valence electrons. The topological polar surface area (TPSA) is 0 Å². The summed E-state index contributed by atoms with van der Waals surface area (Å²) in [5.74, 6) is 0.508. The lowest BCUT2D eigenvalue weighted by Crippen LogP contribution is -1.99. The molecule has 2 aromatic rings. The maximum absolute atomic E-state index is 4.42. The van der Waals surface area contributed by atoms with Crippen molar-refractivity contribution in [2.45, 2.75) is 27.2 Å². The molecule has 0 bridgehead atoms. The quantitative estimate of drug-likeness (QED) is 0.585. The number of hydrogen-bond acceptors (Lipinski definition) is 0. The summed E-state index contributed by atoms with van der Waals surface area (Å²) in [6.07, 6.45) is 5.68. The maximum atomic E-state index is 4.42. The highest BCUT2D eigenvalue weighted by molar-refractivity contribution is 5.92. The molecule has 0 fully saturated rings. The van der Waals surface area contributed by atoms with Crippen molar-refractivity contribution in [1.29, 1.82) is 0 Å². The third-order valence-electron chi connectivity index (χ3n) is 4.77. The van der Waals surface area contributed by atoms with Gasteiger partial charge in [0, 0.05) is 0 Å². The second-order valence-corrected chi connectivity index (χ2v) is 6.53. The first-order chi connectivity index (χ1) is 11.1. The zero-order valence-corrected chi connectivity index (χ0v) is 14.3. The molecule has 1 atom stereocenters. The minimum Gasteiger partial charge on any atom is -0.0909 e. The molecule has 1 unspecified atom stereocenters. The van der Waals surface area contributed by atoms with Crippen LogP contribution in [0.5, 0.6) is 0 Å². The molecule has 1 aliphatic rings. The lowest BCUT2D eigenvalue weighted by atomic mass is 9.89. The van der Waals surface area contributed by atoms with Crippen LogP contribution in [0.3, 0.4) is 0 Å². The van der Waals surface area contributed by atoms with Gasteiger partial charge in [0.1, 0.15) is 0 Å². The first kappa shape index (κ1) is 15.6. The molecule has 0 N–H and O–H groups in total. The fourth-order valence-electron chi connectivity index (χ4n) is 3.32. The molecule has 0 amide bonds. The normalized spacial score (nSPS) is 22.7. The average molecular weight is 300 g/mol. The minimum atomic E-state index is 0.508. The van der Waals surface area contributed by atoms with Gasteiger partial charge in [-0.25, -0.2) is 0 Å². The van der Waals surface area contributed by atoms with Gasteiger partial charge in [0.2, 0.25) is 0 Å². The smallest absolute Gasteiger partial charge is 0.0149 e. The molecule has 0 saturated heterocycles. The van der Waals surface area contributed by atoms with Crippen LogP contribution < -0.4 is 0 Å². The van der Waals surface area contributed by atoms with Crippen LogP contribution in [0.15, 0.2) is 72.8 Å². The molecule has 23 heavy (non-hydrogen) atoms. The molecule has 0 radical (unpaired) electrons. The van der Waals surface area contributed by atoms with E-state index in [2.05, 4.69) is 88.0 Å². The minimum absolute atomic E-state index is 0.508. The lowest BCUT2D eigenvalue weighted by Gasteiger charge is -2.16. The van der Waals surface area contributed by atoms with Gasteiger partial charge in [-0.15, -0.1) is 0 Å². The van der Waals surface area contributed by atoms with E-state index in [9.17, 15) is 0 Å². The molecular weight excluding hydrogens is 276 g/mol. The number of allylic oxidation sites excluding steroid dienone is 5. The highest BCUT2D eigenvalue weighted by atomic mass is 14.2. The Morgan fingerprint density at radius 1 is 0.913 bits per heavy atom. The van der Waals surface area contributed by atoms with Crippen molar-refractivity contribution >= 4 is 11.1 Å². The van der Waals surface area contributed by atoms with Crippen LogP contribution in [0.1, 0.15) is 36.1 Å². The van der Waals surface area contributed by atoms with Crippen molar-refractivity contribution in [2.75, 3.05) is 0 Å². The van der Waals surface area contributed by atoms with E-state index in [4.69, 9.17) is 0 Å². The van der Waals surface area contributed by atoms with Gasteiger partial charge in [0.25, 0.3) is 0 Å². The van der Waals surface area contributed by atoms with Crippen molar-refractivity contribution in [3.05, 3.63) is 95.1 Å². The Morgan fingerprint density at radius 3 is 2.30 bits per heavy atom. The maximum Gasteiger partial charge on any atom is -0.0149 e. The molecule has 0 saturated carbocycles. The summed E-state index contributed by atoms with van der Waals surface area (Å²) < 4.78 is 0. The van der Waals surface area contributed by atoms with Crippen LogP contribution in [0.4, 0.5) is 0 Å². The van der Waals surface area contributed by atoms with Crippen LogP contribution in [-0.2, 0) is 6.42 Å². The van der Waals surface area contributed by atoms with Gasteiger partial charge in [0.05, 0.1) is 0 Å². The first-order valence-corrected chi connectivity index (χ1v) is 8.30. The molecule has 0 heterocycles. The van der Waals surface area contributed by atoms with Gasteiger partial charge in [-0.3, -0.25) is 0 Å². The summed E-state index contributed by atoms with van der Waals surface area (Å²) in [5, 5.41) is 0. The monoisotopic (exact) mass is 300 g/mol. The Bertz CT molecular complexity index is 802. The number of hydrogen-bond donors (Lipinski definition) is 0. The molecule has 0 aromatic heterocycles. The summed E-state index contributed by atoms with van der Waals surface area (Å²) in [6, 6.07) is 17.3. The standard InChI is InChI=1S/C23H24/c1-16-13-14-23(21-11-7-5-9-17(21)2)19(4)18(3)22-12-8-6-10-20(22)15-16/h5-14,16H,3,15H2,1-2,4H3/b14-13-,23-19+. The van der Waals surface area contributed by atoms with Gasteiger partial charge in [-0.2, -0.15) is 0 Å². The summed E-state index contributed by atoms with van der Waals surface area (Å²) >= 11 is 0. The van der Waals surface area contributed by atoms with E-state index < -0.39 is 0 Å². The molecule has 3 rings (SSSR count). The molecular formula is C23H24. The highest BCUT2D eigenvalue weighted by Gasteiger charge is 2.15. The molecule has 0 aliphatic heterocycles. The molecule has 1 aliphatic carbocycles. The van der Waals surface area contributed by atoms with E-state index in [0.717, 1.165) is 12.0 Å². The predicted octanol–water partition coefficient (Wildman–Crippen LogP) is 6.23. The van der Waals surface area contributed by atoms with Gasteiger partial charge in [-0.05, 0) is 65.2 Å². The van der Waals surface area contributed by atoms with Gasteiger partial charge < -0.3 is 0 Å². The second kappa shape index (κ2) is 6.42. The molecule has 0 spiro atoms. The summed E-state index contributed by atoms with van der Waals surface area (Å²) in [6.45, 7) is 11.1. The third kappa shape index (κ3) is 3.07. The van der Waals surface area contributed by atoms with E-state index in [-0.39, 0.29) is 0 Å². The number of aryl methyl sites for hydroxylation is 1. The number of rotatable bonds is 1. The Labute approximate surface area is 139 Å². The van der Waals surface area contributed by atoms with Crippen LogP contribution in [-0.4, -0.2) is 0 Å². The third-order valence-corrected chi connectivity index (χ3v) is 4.77. The Kier molecular flexibility index (Phi) is 4.34. The van der Waals surface area contributed by atoms with Gasteiger partial charge in [-0.1, -0.05) is 74.2 Å². The number of benzene rings is 2. The predicted molar refractivity (Wildman–Crippen MR) is 101 cm³/mol. The zero-order valence-electron chi connectivity index (χ0n) is 14.3. The highest BCUT2D eigenvalue weighted by Crippen LogP contribution is 2.34. The zero-order chi connectivity index (χ0) is 16.4. The molecule has 2 aromatic carbocycles. The van der Waals surface area contributed by atoms with Crippen molar-refractivity contribution in [2.24, 2.45) is 5.92 Å². The fraction of sp³-hybridized carbons (Fsp3) is 0.217. The number of fused-ring (bicyclic) bond motifs is 1. The van der Waals surface area contributed by atoms with E-state index in [0.29, 0.717) is 5.92 Å². The van der Waals surface area contributed by atoms with Crippen LogP contribution in [0, 0.1) is 12.8 Å². The van der Waals surface area contributed by atoms with Crippen molar-refractivity contribution in [3.63, 3.8) is 0 Å². The Balaban J connectivity index is 2.23. The molecule has 0 heteroatoms. The second-order valence-electron chi connectivity index (χ2n) is 6.53. The van der Waals surface area contributed by atoms with Crippen molar-refractivity contribution < 1.29 is 0 Å². The van der Waals surface area contributed by atoms with Crippen molar-refractivity contribution in [3.8, 4) is 0 Å². The first-order valence-electron chi connectivity index (χ1n) is 8.30. The largest absolute Gasteiger partial charge is 0.0909 e. The average Bonchev–Trinajstić information content (AvgIpc) is 2.59.